The molecule has 1 N–H and O–H groups in total. The third kappa shape index (κ3) is 4.15. The highest BCUT2D eigenvalue weighted by Gasteiger charge is 2.20. The van der Waals surface area contributed by atoms with Gasteiger partial charge in [-0.1, -0.05) is 0 Å². The van der Waals surface area contributed by atoms with Crippen LogP contribution in [0.5, 0.6) is 17.2 Å². The fraction of sp³-hybridized carbons (Fsp3) is 0.353. The Morgan fingerprint density at radius 2 is 2.25 bits per heavy atom. The van der Waals surface area contributed by atoms with E-state index in [0.717, 1.165) is 11.5 Å². The van der Waals surface area contributed by atoms with Gasteiger partial charge in [0.1, 0.15) is 13.2 Å². The summed E-state index contributed by atoms with van der Waals surface area (Å²) in [5, 5.41) is 7.15. The molecule has 0 unspecified atom stereocenters. The van der Waals surface area contributed by atoms with Gasteiger partial charge in [-0.2, -0.15) is 23.1 Å². The number of rotatable bonds is 7. The first-order valence-corrected chi connectivity index (χ1v) is 9.72. The van der Waals surface area contributed by atoms with E-state index in [4.69, 9.17) is 14.2 Å². The van der Waals surface area contributed by atoms with Crippen molar-refractivity contribution in [1.29, 1.82) is 0 Å². The molecule has 2 heterocycles. The van der Waals surface area contributed by atoms with E-state index in [1.165, 1.54) is 5.56 Å². The maximum absolute atomic E-state index is 12.3. The molecule has 2 aromatic rings. The van der Waals surface area contributed by atoms with Gasteiger partial charge in [0.15, 0.2) is 11.5 Å². The van der Waals surface area contributed by atoms with Crippen molar-refractivity contribution < 1.29 is 19.0 Å². The molecule has 1 aliphatic heterocycles. The van der Waals surface area contributed by atoms with Crippen molar-refractivity contribution in [1.82, 2.24) is 5.32 Å². The lowest BCUT2D eigenvalue weighted by molar-refractivity contribution is 0.0954. The lowest BCUT2D eigenvalue weighted by Gasteiger charge is -2.21. The average Bonchev–Trinajstić information content (AvgIpc) is 3.13. The minimum absolute atomic E-state index is 0.138. The van der Waals surface area contributed by atoms with Gasteiger partial charge < -0.3 is 19.5 Å². The zero-order valence-electron chi connectivity index (χ0n) is 13.4. The van der Waals surface area contributed by atoms with Crippen molar-refractivity contribution in [3.8, 4) is 17.2 Å². The second-order valence-electron chi connectivity index (χ2n) is 5.14. The van der Waals surface area contributed by atoms with E-state index < -0.39 is 0 Å². The number of hydrogen-bond acceptors (Lipinski definition) is 6. The average molecular weight is 365 g/mol. The lowest BCUT2D eigenvalue weighted by atomic mass is 10.1. The van der Waals surface area contributed by atoms with Crippen molar-refractivity contribution in [2.75, 3.05) is 32.6 Å². The zero-order valence-corrected chi connectivity index (χ0v) is 15.0. The summed E-state index contributed by atoms with van der Waals surface area (Å²) >= 11 is 3.50. The van der Waals surface area contributed by atoms with Crippen molar-refractivity contribution in [2.45, 2.75) is 5.75 Å². The first-order valence-electron chi connectivity index (χ1n) is 7.62. The molecule has 24 heavy (non-hydrogen) atoms. The van der Waals surface area contributed by atoms with E-state index in [1.807, 2.05) is 0 Å². The normalized spacial score (nSPS) is 12.7. The molecule has 0 fully saturated rings. The molecule has 0 saturated carbocycles. The van der Waals surface area contributed by atoms with Gasteiger partial charge in [0.25, 0.3) is 5.91 Å². The summed E-state index contributed by atoms with van der Waals surface area (Å²) in [7, 11) is 1.55. The number of thiophene rings is 1. The monoisotopic (exact) mass is 365 g/mol. The van der Waals surface area contributed by atoms with Gasteiger partial charge in [-0.3, -0.25) is 4.79 Å². The van der Waals surface area contributed by atoms with Crippen LogP contribution >= 0.6 is 23.1 Å². The highest BCUT2D eigenvalue weighted by Crippen LogP contribution is 2.40. The molecule has 0 radical (unpaired) electrons. The van der Waals surface area contributed by atoms with Crippen LogP contribution in [0.1, 0.15) is 15.9 Å². The highest BCUT2D eigenvalue weighted by molar-refractivity contribution is 7.98. The quantitative estimate of drug-likeness (QED) is 0.764. The maximum Gasteiger partial charge on any atom is 0.251 e. The van der Waals surface area contributed by atoms with Crippen LogP contribution in [0.15, 0.2) is 29.0 Å². The molecule has 0 spiro atoms. The van der Waals surface area contributed by atoms with Gasteiger partial charge in [0, 0.05) is 23.6 Å². The topological polar surface area (TPSA) is 56.8 Å². The van der Waals surface area contributed by atoms with Crippen LogP contribution in [0.4, 0.5) is 0 Å². The second kappa shape index (κ2) is 8.30. The van der Waals surface area contributed by atoms with Gasteiger partial charge in [0.2, 0.25) is 5.75 Å². The third-order valence-electron chi connectivity index (χ3n) is 3.47. The Hall–Kier alpha value is -1.86. The number of methoxy groups -OCH3 is 1. The lowest BCUT2D eigenvalue weighted by Crippen LogP contribution is -2.26. The molecule has 1 aromatic heterocycles. The summed E-state index contributed by atoms with van der Waals surface area (Å²) in [6.07, 6.45) is 0. The molecule has 128 valence electrons. The summed E-state index contributed by atoms with van der Waals surface area (Å²) < 4.78 is 16.4. The Morgan fingerprint density at radius 3 is 3.04 bits per heavy atom. The van der Waals surface area contributed by atoms with E-state index in [2.05, 4.69) is 22.1 Å². The Morgan fingerprint density at radius 1 is 1.38 bits per heavy atom. The van der Waals surface area contributed by atoms with Gasteiger partial charge in [-0.25, -0.2) is 0 Å². The summed E-state index contributed by atoms with van der Waals surface area (Å²) in [6, 6.07) is 5.50. The number of nitrogens with one attached hydrogen (secondary N) is 1. The molecule has 7 heteroatoms. The van der Waals surface area contributed by atoms with Crippen LogP contribution < -0.4 is 19.5 Å². The number of carbonyl (C=O) groups excluding carboxylic acids is 1. The highest BCUT2D eigenvalue weighted by atomic mass is 32.2. The molecule has 1 aliphatic rings. The maximum atomic E-state index is 12.3. The Balaban J connectivity index is 1.53. The van der Waals surface area contributed by atoms with Crippen LogP contribution in [0.3, 0.4) is 0 Å². The molecule has 0 saturated heterocycles. The minimum Gasteiger partial charge on any atom is -0.493 e. The number of benzene rings is 1. The molecular formula is C17H19NO4S2. The van der Waals surface area contributed by atoms with Crippen LogP contribution in [0.25, 0.3) is 0 Å². The van der Waals surface area contributed by atoms with E-state index in [1.54, 1.807) is 42.3 Å². The SMILES string of the molecule is COc1cc(C(=O)NCCSCc2ccsc2)cc2c1OCCO2. The first kappa shape index (κ1) is 17.0. The molecule has 1 aromatic carbocycles. The van der Waals surface area contributed by atoms with Crippen molar-refractivity contribution in [2.24, 2.45) is 0 Å². The zero-order chi connectivity index (χ0) is 16.8. The van der Waals surface area contributed by atoms with Crippen LogP contribution in [0, 0.1) is 0 Å². The molecular weight excluding hydrogens is 346 g/mol. The Bertz CT molecular complexity index is 671. The standard InChI is InChI=1S/C17H19NO4S2/c1-20-14-8-13(9-15-16(14)22-5-4-21-15)17(19)18-3-7-24-11-12-2-6-23-10-12/h2,6,8-10H,3-5,7,11H2,1H3,(H,18,19). The van der Waals surface area contributed by atoms with E-state index >= 15 is 0 Å². The summed E-state index contributed by atoms with van der Waals surface area (Å²) in [6.45, 7) is 1.57. The number of ether oxygens (including phenoxy) is 3. The fourth-order valence-corrected chi connectivity index (χ4v) is 3.89. The van der Waals surface area contributed by atoms with Crippen LogP contribution in [-0.4, -0.2) is 38.5 Å². The largest absolute Gasteiger partial charge is 0.493 e. The van der Waals surface area contributed by atoms with Gasteiger partial charge in [0.05, 0.1) is 7.11 Å². The smallest absolute Gasteiger partial charge is 0.251 e. The molecule has 3 rings (SSSR count). The Kier molecular flexibility index (Phi) is 5.87. The van der Waals surface area contributed by atoms with Gasteiger partial charge in [-0.15, -0.1) is 0 Å². The predicted octanol–water partition coefficient (Wildman–Crippen LogP) is 3.19. The van der Waals surface area contributed by atoms with Gasteiger partial charge in [-0.05, 0) is 34.5 Å². The van der Waals surface area contributed by atoms with E-state index in [9.17, 15) is 4.79 Å². The first-order chi connectivity index (χ1) is 11.8. The Labute approximate surface area is 149 Å². The number of fused-ring (bicyclic) bond motifs is 1. The van der Waals surface area contributed by atoms with Crippen molar-refractivity contribution in [3.63, 3.8) is 0 Å². The summed E-state index contributed by atoms with van der Waals surface area (Å²) in [4.78, 5) is 12.3. The number of carbonyl (C=O) groups is 1. The van der Waals surface area contributed by atoms with E-state index in [-0.39, 0.29) is 5.91 Å². The number of hydrogen-bond donors (Lipinski definition) is 1. The minimum atomic E-state index is -0.138. The van der Waals surface area contributed by atoms with Crippen molar-refractivity contribution in [3.05, 3.63) is 40.1 Å². The number of amides is 1. The van der Waals surface area contributed by atoms with Gasteiger partial charge >= 0.3 is 0 Å². The molecule has 5 nitrogen and oxygen atoms in total. The van der Waals surface area contributed by atoms with Crippen LogP contribution in [0.2, 0.25) is 0 Å². The molecule has 1 amide bonds. The van der Waals surface area contributed by atoms with E-state index in [0.29, 0.717) is 42.6 Å². The summed E-state index contributed by atoms with van der Waals surface area (Å²) in [5.74, 6) is 3.33. The molecule has 0 aliphatic carbocycles. The van der Waals surface area contributed by atoms with Crippen LogP contribution in [-0.2, 0) is 5.75 Å². The van der Waals surface area contributed by atoms with Crippen molar-refractivity contribution >= 4 is 29.0 Å². The molecule has 0 bridgehead atoms. The molecule has 0 atom stereocenters. The second-order valence-corrected chi connectivity index (χ2v) is 7.03. The predicted molar refractivity (Wildman–Crippen MR) is 96.8 cm³/mol. The third-order valence-corrected chi connectivity index (χ3v) is 5.23. The number of thioether (sulfide) groups is 1. The summed E-state index contributed by atoms with van der Waals surface area (Å²) in [5.41, 5.74) is 1.84. The fourth-order valence-electron chi connectivity index (χ4n) is 2.31.